The molecule has 0 bridgehead atoms. The summed E-state index contributed by atoms with van der Waals surface area (Å²) in [5, 5.41) is 23.3. The van der Waals surface area contributed by atoms with Gasteiger partial charge in [0.1, 0.15) is 11.6 Å². The number of fused-ring (bicyclic) bond motifs is 1. The third kappa shape index (κ3) is 3.46. The second-order valence-corrected chi connectivity index (χ2v) is 8.55. The molecule has 1 aliphatic heterocycles. The van der Waals surface area contributed by atoms with Crippen molar-refractivity contribution in [3.8, 4) is 17.3 Å². The zero-order chi connectivity index (χ0) is 22.2. The molecule has 9 nitrogen and oxygen atoms in total. The highest BCUT2D eigenvalue weighted by atomic mass is 32.1. The first-order valence-electron chi connectivity index (χ1n) is 10.3. The van der Waals surface area contributed by atoms with E-state index in [0.29, 0.717) is 48.2 Å². The highest BCUT2D eigenvalue weighted by molar-refractivity contribution is 7.20. The molecule has 0 spiro atoms. The van der Waals surface area contributed by atoms with Gasteiger partial charge in [0.15, 0.2) is 5.82 Å². The summed E-state index contributed by atoms with van der Waals surface area (Å²) in [4.78, 5) is 22.1. The Labute approximate surface area is 188 Å². The van der Waals surface area contributed by atoms with Gasteiger partial charge in [0.25, 0.3) is 5.56 Å². The fourth-order valence-corrected chi connectivity index (χ4v) is 4.70. The molecular weight excluding hydrogens is 424 g/mol. The molecule has 5 rings (SSSR count). The van der Waals surface area contributed by atoms with Crippen LogP contribution in [0.15, 0.2) is 41.2 Å². The number of benzene rings is 1. The van der Waals surface area contributed by atoms with E-state index in [1.807, 2.05) is 44.2 Å². The Morgan fingerprint density at radius 2 is 1.75 bits per heavy atom. The van der Waals surface area contributed by atoms with Crippen LogP contribution >= 0.6 is 11.3 Å². The van der Waals surface area contributed by atoms with Crippen LogP contribution in [0.25, 0.3) is 16.2 Å². The van der Waals surface area contributed by atoms with Crippen molar-refractivity contribution in [2.24, 2.45) is 0 Å². The summed E-state index contributed by atoms with van der Waals surface area (Å²) < 4.78 is 1.36. The van der Waals surface area contributed by atoms with E-state index in [1.54, 1.807) is 0 Å². The second kappa shape index (κ2) is 8.01. The van der Waals surface area contributed by atoms with Crippen LogP contribution in [0, 0.1) is 25.2 Å². The summed E-state index contributed by atoms with van der Waals surface area (Å²) in [6.07, 6.45) is 0. The van der Waals surface area contributed by atoms with Gasteiger partial charge < -0.3 is 9.80 Å². The Hall–Kier alpha value is -3.84. The number of nitriles is 1. The maximum Gasteiger partial charge on any atom is 0.275 e. The highest BCUT2D eigenvalue weighted by Gasteiger charge is 2.24. The lowest BCUT2D eigenvalue weighted by Gasteiger charge is -2.35. The van der Waals surface area contributed by atoms with Gasteiger partial charge in [0, 0.05) is 37.8 Å². The van der Waals surface area contributed by atoms with Crippen LogP contribution in [0.5, 0.6) is 0 Å². The van der Waals surface area contributed by atoms with Crippen molar-refractivity contribution in [2.45, 2.75) is 13.8 Å². The summed E-state index contributed by atoms with van der Waals surface area (Å²) in [6, 6.07) is 13.4. The van der Waals surface area contributed by atoms with E-state index in [4.69, 9.17) is 0 Å². The number of rotatable bonds is 3. The van der Waals surface area contributed by atoms with Crippen LogP contribution in [0.3, 0.4) is 0 Å². The normalized spacial score (nSPS) is 14.0. The molecule has 1 saturated heterocycles. The fourth-order valence-electron chi connectivity index (χ4n) is 3.75. The van der Waals surface area contributed by atoms with Crippen molar-refractivity contribution < 1.29 is 0 Å². The minimum Gasteiger partial charge on any atom is -0.350 e. The van der Waals surface area contributed by atoms with Crippen LogP contribution < -0.4 is 15.4 Å². The molecule has 10 heteroatoms. The maximum atomic E-state index is 12.6. The number of piperazine rings is 1. The van der Waals surface area contributed by atoms with Gasteiger partial charge in [-0.05, 0) is 19.4 Å². The standard InChI is InChI=1S/C22H20N8OS/c1-14-15(2)25-26-20(17(14)13-23)28-8-10-29(11-9-28)22-27-30-19(31)12-18(24-21(30)32-22)16-6-4-3-5-7-16/h3-7,12H,8-11H2,1-2H3. The molecule has 0 amide bonds. The molecule has 0 atom stereocenters. The lowest BCUT2D eigenvalue weighted by Crippen LogP contribution is -2.47. The van der Waals surface area contributed by atoms with Crippen LogP contribution in [-0.4, -0.2) is 51.0 Å². The molecule has 0 saturated carbocycles. The highest BCUT2D eigenvalue weighted by Crippen LogP contribution is 2.27. The molecule has 3 aromatic heterocycles. The molecule has 32 heavy (non-hydrogen) atoms. The van der Waals surface area contributed by atoms with Crippen molar-refractivity contribution >= 4 is 27.2 Å². The third-order valence-electron chi connectivity index (χ3n) is 5.70. The van der Waals surface area contributed by atoms with Gasteiger partial charge in [-0.15, -0.1) is 10.2 Å². The molecule has 0 radical (unpaired) electrons. The Balaban J connectivity index is 1.39. The van der Waals surface area contributed by atoms with E-state index in [2.05, 4.69) is 36.1 Å². The third-order valence-corrected chi connectivity index (χ3v) is 6.67. The predicted octanol–water partition coefficient (Wildman–Crippen LogP) is 2.42. The molecule has 4 aromatic rings. The monoisotopic (exact) mass is 444 g/mol. The smallest absolute Gasteiger partial charge is 0.275 e. The van der Waals surface area contributed by atoms with Crippen molar-refractivity contribution in [3.63, 3.8) is 0 Å². The first-order valence-corrected chi connectivity index (χ1v) is 11.1. The average molecular weight is 445 g/mol. The molecule has 1 fully saturated rings. The summed E-state index contributed by atoms with van der Waals surface area (Å²) in [5.41, 5.74) is 3.57. The Bertz CT molecular complexity index is 1400. The lowest BCUT2D eigenvalue weighted by molar-refractivity contribution is 0.636. The molecule has 1 aromatic carbocycles. The average Bonchev–Trinajstić information content (AvgIpc) is 3.26. The van der Waals surface area contributed by atoms with Gasteiger partial charge in [0.2, 0.25) is 10.1 Å². The number of aromatic nitrogens is 5. The molecule has 160 valence electrons. The van der Waals surface area contributed by atoms with E-state index in [0.717, 1.165) is 22.0 Å². The Morgan fingerprint density at radius 3 is 2.47 bits per heavy atom. The first kappa shape index (κ1) is 20.1. The number of nitrogens with zero attached hydrogens (tertiary/aromatic N) is 8. The first-order chi connectivity index (χ1) is 15.5. The second-order valence-electron chi connectivity index (χ2n) is 7.62. The molecule has 4 heterocycles. The van der Waals surface area contributed by atoms with Crippen LogP contribution in [0.2, 0.25) is 0 Å². The van der Waals surface area contributed by atoms with Crippen LogP contribution in [-0.2, 0) is 0 Å². The van der Waals surface area contributed by atoms with Gasteiger partial charge in [-0.25, -0.2) is 4.98 Å². The van der Waals surface area contributed by atoms with E-state index in [9.17, 15) is 10.1 Å². The van der Waals surface area contributed by atoms with E-state index in [-0.39, 0.29) is 5.56 Å². The minimum atomic E-state index is -0.195. The van der Waals surface area contributed by atoms with Crippen molar-refractivity contribution in [1.82, 2.24) is 24.8 Å². The molecule has 1 aliphatic rings. The summed E-state index contributed by atoms with van der Waals surface area (Å²) >= 11 is 1.40. The van der Waals surface area contributed by atoms with Crippen LogP contribution in [0.4, 0.5) is 10.9 Å². The molecule has 0 aliphatic carbocycles. The van der Waals surface area contributed by atoms with Gasteiger partial charge in [-0.3, -0.25) is 4.79 Å². The van der Waals surface area contributed by atoms with E-state index < -0.39 is 0 Å². The number of aryl methyl sites for hydroxylation is 1. The Morgan fingerprint density at radius 1 is 1.03 bits per heavy atom. The SMILES string of the molecule is Cc1nnc(N2CCN(c3nn4c(=O)cc(-c5ccccc5)nc4s3)CC2)c(C#N)c1C. The summed E-state index contributed by atoms with van der Waals surface area (Å²) in [5.74, 6) is 0.630. The fraction of sp³-hybridized carbons (Fsp3) is 0.273. The largest absolute Gasteiger partial charge is 0.350 e. The van der Waals surface area contributed by atoms with Crippen molar-refractivity contribution in [2.75, 3.05) is 36.0 Å². The topological polar surface area (TPSA) is 103 Å². The quantitative estimate of drug-likeness (QED) is 0.475. The van der Waals surface area contributed by atoms with Crippen LogP contribution in [0.1, 0.15) is 16.8 Å². The van der Waals surface area contributed by atoms with Gasteiger partial charge >= 0.3 is 0 Å². The molecular formula is C22H20N8OS. The van der Waals surface area contributed by atoms with Crippen molar-refractivity contribution in [1.29, 1.82) is 5.26 Å². The number of hydrogen-bond donors (Lipinski definition) is 0. The van der Waals surface area contributed by atoms with E-state index in [1.165, 1.54) is 21.9 Å². The lowest BCUT2D eigenvalue weighted by atomic mass is 10.1. The molecule has 0 unspecified atom stereocenters. The maximum absolute atomic E-state index is 12.6. The van der Waals surface area contributed by atoms with Gasteiger partial charge in [-0.2, -0.15) is 14.9 Å². The summed E-state index contributed by atoms with van der Waals surface area (Å²) in [6.45, 7) is 6.51. The number of hydrogen-bond acceptors (Lipinski definition) is 9. The van der Waals surface area contributed by atoms with Crippen molar-refractivity contribution in [3.05, 3.63) is 63.6 Å². The number of anilines is 2. The van der Waals surface area contributed by atoms with E-state index >= 15 is 0 Å². The van der Waals surface area contributed by atoms with Gasteiger partial charge in [0.05, 0.1) is 11.4 Å². The Kier molecular flexibility index (Phi) is 5.03. The predicted molar refractivity (Wildman–Crippen MR) is 123 cm³/mol. The minimum absolute atomic E-state index is 0.195. The zero-order valence-corrected chi connectivity index (χ0v) is 18.5. The zero-order valence-electron chi connectivity index (χ0n) is 17.7. The summed E-state index contributed by atoms with van der Waals surface area (Å²) in [7, 11) is 0. The molecule has 0 N–H and O–H groups in total. The van der Waals surface area contributed by atoms with Gasteiger partial charge in [-0.1, -0.05) is 41.7 Å².